The Bertz CT molecular complexity index is 875. The van der Waals surface area contributed by atoms with Gasteiger partial charge in [0.05, 0.1) is 4.70 Å². The second kappa shape index (κ2) is 4.14. The summed E-state index contributed by atoms with van der Waals surface area (Å²) in [6.07, 6.45) is 5.76. The molecule has 0 saturated heterocycles. The zero-order valence-electron chi connectivity index (χ0n) is 10.1. The Balaban J connectivity index is 2.03. The van der Waals surface area contributed by atoms with Gasteiger partial charge in [0.25, 0.3) is 0 Å². The highest BCUT2D eigenvalue weighted by Crippen LogP contribution is 2.30. The lowest BCUT2D eigenvalue weighted by Gasteiger charge is -2.06. The van der Waals surface area contributed by atoms with Gasteiger partial charge >= 0.3 is 0 Å². The van der Waals surface area contributed by atoms with Gasteiger partial charge in [-0.3, -0.25) is 4.98 Å². The molecule has 19 heavy (non-hydrogen) atoms. The van der Waals surface area contributed by atoms with E-state index < -0.39 is 0 Å². The predicted molar refractivity (Wildman–Crippen MR) is 80.4 cm³/mol. The van der Waals surface area contributed by atoms with Gasteiger partial charge in [0.2, 0.25) is 0 Å². The van der Waals surface area contributed by atoms with Crippen LogP contribution in [0, 0.1) is 0 Å². The molecule has 0 amide bonds. The Kier molecular flexibility index (Phi) is 2.32. The molecule has 0 N–H and O–H groups in total. The topological polar surface area (TPSA) is 25.8 Å². The largest absolute Gasteiger partial charge is 0.263 e. The highest BCUT2D eigenvalue weighted by Gasteiger charge is 2.05. The Morgan fingerprint density at radius 1 is 0.842 bits per heavy atom. The first-order valence-electron chi connectivity index (χ1n) is 6.09. The van der Waals surface area contributed by atoms with Gasteiger partial charge in [0.15, 0.2) is 0 Å². The molecule has 0 unspecified atom stereocenters. The van der Waals surface area contributed by atoms with Crippen LogP contribution in [-0.4, -0.2) is 9.36 Å². The van der Waals surface area contributed by atoms with E-state index in [0.717, 1.165) is 0 Å². The minimum absolute atomic E-state index is 1.17. The van der Waals surface area contributed by atoms with E-state index in [0.29, 0.717) is 0 Å². The highest BCUT2D eigenvalue weighted by atomic mass is 32.1. The van der Waals surface area contributed by atoms with Crippen LogP contribution in [0.25, 0.3) is 32.0 Å². The van der Waals surface area contributed by atoms with E-state index in [1.165, 1.54) is 43.5 Å². The molecule has 0 spiro atoms. The average molecular weight is 262 g/mol. The number of pyridine rings is 1. The van der Waals surface area contributed by atoms with Gasteiger partial charge in [-0.05, 0) is 34.6 Å². The van der Waals surface area contributed by atoms with Crippen molar-refractivity contribution in [1.29, 1.82) is 0 Å². The molecule has 0 aliphatic rings. The van der Waals surface area contributed by atoms with Gasteiger partial charge < -0.3 is 0 Å². The van der Waals surface area contributed by atoms with E-state index >= 15 is 0 Å². The number of fused-ring (bicyclic) bond motifs is 2. The summed E-state index contributed by atoms with van der Waals surface area (Å²) < 4.78 is 5.44. The summed E-state index contributed by atoms with van der Waals surface area (Å²) in [5.41, 5.74) is 2.36. The molecule has 0 saturated carbocycles. The first-order valence-corrected chi connectivity index (χ1v) is 6.87. The van der Waals surface area contributed by atoms with Crippen molar-refractivity contribution in [2.24, 2.45) is 0 Å². The van der Waals surface area contributed by atoms with Gasteiger partial charge in [-0.2, -0.15) is 4.37 Å². The summed E-state index contributed by atoms with van der Waals surface area (Å²) >= 11 is 1.53. The lowest BCUT2D eigenvalue weighted by molar-refractivity contribution is 1.36. The van der Waals surface area contributed by atoms with Crippen LogP contribution in [0.3, 0.4) is 0 Å². The number of hydrogen-bond donors (Lipinski definition) is 0. The van der Waals surface area contributed by atoms with Crippen molar-refractivity contribution in [3.63, 3.8) is 0 Å². The number of hydrogen-bond acceptors (Lipinski definition) is 3. The van der Waals surface area contributed by atoms with Gasteiger partial charge in [-0.1, -0.05) is 30.3 Å². The fourth-order valence-electron chi connectivity index (χ4n) is 2.39. The fourth-order valence-corrected chi connectivity index (χ4v) is 3.01. The van der Waals surface area contributed by atoms with Gasteiger partial charge in [0.1, 0.15) is 0 Å². The van der Waals surface area contributed by atoms with Gasteiger partial charge in [-0.15, -0.1) is 0 Å². The molecule has 3 heteroatoms. The molecule has 0 aliphatic carbocycles. The predicted octanol–water partition coefficient (Wildman–Crippen LogP) is 4.51. The molecule has 2 aromatic carbocycles. The quantitative estimate of drug-likeness (QED) is 0.504. The Hall–Kier alpha value is -2.26. The Labute approximate surface area is 114 Å². The molecule has 2 aromatic heterocycles. The van der Waals surface area contributed by atoms with E-state index in [4.69, 9.17) is 0 Å². The van der Waals surface area contributed by atoms with Crippen LogP contribution < -0.4 is 0 Å². The number of benzene rings is 2. The van der Waals surface area contributed by atoms with E-state index in [-0.39, 0.29) is 0 Å². The maximum Gasteiger partial charge on any atom is 0.0550 e. The third-order valence-electron chi connectivity index (χ3n) is 3.33. The minimum Gasteiger partial charge on any atom is -0.263 e. The number of nitrogens with zero attached hydrogens (tertiary/aromatic N) is 2. The lowest BCUT2D eigenvalue weighted by atomic mass is 10.0. The average Bonchev–Trinajstić information content (AvgIpc) is 2.94. The van der Waals surface area contributed by atoms with Crippen LogP contribution in [0.1, 0.15) is 0 Å². The van der Waals surface area contributed by atoms with Crippen molar-refractivity contribution < 1.29 is 0 Å². The maximum atomic E-state index is 4.34. The second-order valence-electron chi connectivity index (χ2n) is 4.49. The van der Waals surface area contributed by atoms with Gasteiger partial charge in [0, 0.05) is 34.9 Å². The molecule has 2 heterocycles. The molecule has 4 aromatic rings. The van der Waals surface area contributed by atoms with Gasteiger partial charge in [-0.25, -0.2) is 0 Å². The molecule has 90 valence electrons. The Morgan fingerprint density at radius 2 is 1.79 bits per heavy atom. The normalized spacial score (nSPS) is 11.2. The van der Waals surface area contributed by atoms with Crippen LogP contribution in [0.15, 0.2) is 61.1 Å². The van der Waals surface area contributed by atoms with Crippen LogP contribution in [-0.2, 0) is 0 Å². The first kappa shape index (κ1) is 10.6. The third-order valence-corrected chi connectivity index (χ3v) is 4.11. The zero-order valence-corrected chi connectivity index (χ0v) is 10.9. The molecule has 0 atom stereocenters. The summed E-state index contributed by atoms with van der Waals surface area (Å²) in [5, 5.41) is 3.60. The van der Waals surface area contributed by atoms with Crippen LogP contribution in [0.5, 0.6) is 0 Å². The standard InChI is InChI=1S/C16H10N2S/c1-2-4-14-12(3-1)8-17-10-15(14)11-5-6-16-13(7-11)9-18-19-16/h1-10H. The van der Waals surface area contributed by atoms with Crippen molar-refractivity contribution >= 4 is 32.4 Å². The summed E-state index contributed by atoms with van der Waals surface area (Å²) in [4.78, 5) is 4.34. The molecular weight excluding hydrogens is 252 g/mol. The van der Waals surface area contributed by atoms with Crippen molar-refractivity contribution in [3.8, 4) is 11.1 Å². The van der Waals surface area contributed by atoms with Crippen LogP contribution >= 0.6 is 11.5 Å². The highest BCUT2D eigenvalue weighted by molar-refractivity contribution is 7.13. The monoisotopic (exact) mass is 262 g/mol. The van der Waals surface area contributed by atoms with E-state index in [2.05, 4.69) is 45.8 Å². The molecule has 0 aliphatic heterocycles. The Morgan fingerprint density at radius 3 is 2.79 bits per heavy atom. The molecule has 2 nitrogen and oxygen atoms in total. The minimum atomic E-state index is 1.17. The van der Waals surface area contributed by atoms with Crippen molar-refractivity contribution in [3.05, 3.63) is 61.1 Å². The molecule has 0 bridgehead atoms. The first-order chi connectivity index (χ1) is 9.42. The number of rotatable bonds is 1. The SMILES string of the molecule is c1ccc2c(-c3ccc4sncc4c3)cncc2c1. The maximum absolute atomic E-state index is 4.34. The van der Waals surface area contributed by atoms with Crippen LogP contribution in [0.4, 0.5) is 0 Å². The van der Waals surface area contributed by atoms with Crippen molar-refractivity contribution in [2.45, 2.75) is 0 Å². The van der Waals surface area contributed by atoms with E-state index in [9.17, 15) is 0 Å². The molecular formula is C16H10N2S. The summed E-state index contributed by atoms with van der Waals surface area (Å²) in [6, 6.07) is 14.8. The molecule has 0 fully saturated rings. The van der Waals surface area contributed by atoms with E-state index in [1.807, 2.05) is 24.7 Å². The number of aromatic nitrogens is 2. The van der Waals surface area contributed by atoms with Crippen molar-refractivity contribution in [1.82, 2.24) is 9.36 Å². The van der Waals surface area contributed by atoms with Crippen LogP contribution in [0.2, 0.25) is 0 Å². The lowest BCUT2D eigenvalue weighted by Crippen LogP contribution is -1.83. The van der Waals surface area contributed by atoms with E-state index in [1.54, 1.807) is 0 Å². The van der Waals surface area contributed by atoms with Crippen molar-refractivity contribution in [2.75, 3.05) is 0 Å². The second-order valence-corrected chi connectivity index (χ2v) is 5.32. The fraction of sp³-hybridized carbons (Fsp3) is 0. The summed E-state index contributed by atoms with van der Waals surface area (Å²) in [5.74, 6) is 0. The molecule has 4 rings (SSSR count). The molecule has 0 radical (unpaired) electrons. The summed E-state index contributed by atoms with van der Waals surface area (Å²) in [6.45, 7) is 0. The smallest absolute Gasteiger partial charge is 0.0550 e. The summed E-state index contributed by atoms with van der Waals surface area (Å²) in [7, 11) is 0. The zero-order chi connectivity index (χ0) is 12.7. The third kappa shape index (κ3) is 1.71.